The van der Waals surface area contributed by atoms with E-state index in [4.69, 9.17) is 4.74 Å². The van der Waals surface area contributed by atoms with Crippen molar-refractivity contribution in [1.82, 2.24) is 0 Å². The number of hydrogen-bond acceptors (Lipinski definition) is 3. The molecule has 2 N–H and O–H groups in total. The minimum atomic E-state index is -0.713. The Labute approximate surface area is 145 Å². The molecule has 0 fully saturated rings. The first kappa shape index (κ1) is 17.3. The molecule has 0 aromatic heterocycles. The summed E-state index contributed by atoms with van der Waals surface area (Å²) in [7, 11) is 0. The van der Waals surface area contributed by atoms with Gasteiger partial charge in [-0.25, -0.2) is 0 Å². The standard InChI is InChI=1S/C21H30O3/c1-5-6-7-8-14-11-17(22)19-15-13-21(4,23)10-9-16(15)20(2,3)24-18(19)12-14/h11-12,22-23H,5-10,13H2,1-4H3. The highest BCUT2D eigenvalue weighted by atomic mass is 16.5. The number of benzene rings is 1. The first-order chi connectivity index (χ1) is 11.2. The number of phenolic OH excluding ortho intramolecular Hbond substituents is 1. The smallest absolute Gasteiger partial charge is 0.132 e. The first-order valence-electron chi connectivity index (χ1n) is 9.24. The van der Waals surface area contributed by atoms with Crippen LogP contribution in [-0.4, -0.2) is 21.4 Å². The molecule has 0 amide bonds. The van der Waals surface area contributed by atoms with Gasteiger partial charge >= 0.3 is 0 Å². The molecule has 1 heterocycles. The van der Waals surface area contributed by atoms with E-state index >= 15 is 0 Å². The average Bonchev–Trinajstić information content (AvgIpc) is 2.44. The summed E-state index contributed by atoms with van der Waals surface area (Å²) in [5, 5.41) is 21.2. The van der Waals surface area contributed by atoms with E-state index < -0.39 is 5.60 Å². The van der Waals surface area contributed by atoms with Crippen molar-refractivity contribution in [1.29, 1.82) is 0 Å². The highest BCUT2D eigenvalue weighted by molar-refractivity contribution is 5.81. The Bertz CT molecular complexity index is 668. The molecule has 2 aliphatic rings. The second kappa shape index (κ2) is 6.11. The van der Waals surface area contributed by atoms with Crippen LogP contribution in [0.25, 0.3) is 5.57 Å². The van der Waals surface area contributed by atoms with E-state index in [1.165, 1.54) is 18.4 Å². The summed E-state index contributed by atoms with van der Waals surface area (Å²) < 4.78 is 6.29. The molecule has 0 spiro atoms. The molecule has 0 bridgehead atoms. The number of aromatic hydroxyl groups is 1. The van der Waals surface area contributed by atoms with Crippen LogP contribution in [0.2, 0.25) is 0 Å². The molecule has 1 aliphatic heterocycles. The van der Waals surface area contributed by atoms with Gasteiger partial charge in [0.15, 0.2) is 0 Å². The SMILES string of the molecule is CCCCCc1cc(O)c2c(c1)OC(C)(C)C1=C2CC(C)(O)CC1. The van der Waals surface area contributed by atoms with Crippen LogP contribution < -0.4 is 4.74 Å². The van der Waals surface area contributed by atoms with Gasteiger partial charge in [-0.15, -0.1) is 0 Å². The molecule has 1 aliphatic carbocycles. The van der Waals surface area contributed by atoms with Gasteiger partial charge in [0.1, 0.15) is 17.1 Å². The summed E-state index contributed by atoms with van der Waals surface area (Å²) in [4.78, 5) is 0. The molecule has 1 aromatic carbocycles. The number of aliphatic hydroxyl groups is 1. The van der Waals surface area contributed by atoms with Gasteiger partial charge in [0.05, 0.1) is 11.2 Å². The second-order valence-corrected chi connectivity index (χ2v) is 8.19. The molecule has 3 heteroatoms. The van der Waals surface area contributed by atoms with Crippen molar-refractivity contribution in [3.05, 3.63) is 28.8 Å². The lowest BCUT2D eigenvalue weighted by Crippen LogP contribution is -2.40. The Morgan fingerprint density at radius 3 is 2.62 bits per heavy atom. The zero-order valence-electron chi connectivity index (χ0n) is 15.4. The highest BCUT2D eigenvalue weighted by Gasteiger charge is 2.42. The van der Waals surface area contributed by atoms with Crippen molar-refractivity contribution in [2.24, 2.45) is 0 Å². The first-order valence-corrected chi connectivity index (χ1v) is 9.24. The van der Waals surface area contributed by atoms with Gasteiger partial charge in [-0.05, 0) is 75.3 Å². The zero-order valence-corrected chi connectivity index (χ0v) is 15.4. The lowest BCUT2D eigenvalue weighted by molar-refractivity contribution is 0.0432. The molecule has 1 aromatic rings. The molecule has 24 heavy (non-hydrogen) atoms. The van der Waals surface area contributed by atoms with Crippen LogP contribution in [0.5, 0.6) is 11.5 Å². The zero-order chi connectivity index (χ0) is 17.5. The van der Waals surface area contributed by atoms with E-state index in [1.54, 1.807) is 0 Å². The number of rotatable bonds is 4. The van der Waals surface area contributed by atoms with E-state index in [-0.39, 0.29) is 5.60 Å². The molecule has 3 rings (SSSR count). The third kappa shape index (κ3) is 3.19. The fourth-order valence-corrected chi connectivity index (χ4v) is 4.12. The minimum Gasteiger partial charge on any atom is -0.507 e. The second-order valence-electron chi connectivity index (χ2n) is 8.19. The van der Waals surface area contributed by atoms with Gasteiger partial charge in [0.25, 0.3) is 0 Å². The van der Waals surface area contributed by atoms with Gasteiger partial charge in [-0.3, -0.25) is 0 Å². The highest BCUT2D eigenvalue weighted by Crippen LogP contribution is 2.52. The maximum absolute atomic E-state index is 10.7. The summed E-state index contributed by atoms with van der Waals surface area (Å²) in [5.74, 6) is 1.06. The topological polar surface area (TPSA) is 49.7 Å². The molecule has 0 saturated heterocycles. The number of aryl methyl sites for hydroxylation is 1. The van der Waals surface area contributed by atoms with Crippen LogP contribution >= 0.6 is 0 Å². The van der Waals surface area contributed by atoms with Crippen molar-refractivity contribution in [2.45, 2.75) is 83.8 Å². The monoisotopic (exact) mass is 330 g/mol. The fourth-order valence-electron chi connectivity index (χ4n) is 4.12. The Balaban J connectivity index is 2.03. The van der Waals surface area contributed by atoms with Gasteiger partial charge in [0.2, 0.25) is 0 Å². The third-order valence-corrected chi connectivity index (χ3v) is 5.44. The van der Waals surface area contributed by atoms with E-state index in [0.29, 0.717) is 12.2 Å². The molecule has 0 saturated carbocycles. The number of unbranched alkanes of at least 4 members (excludes halogenated alkanes) is 2. The predicted octanol–water partition coefficient (Wildman–Crippen LogP) is 4.98. The molecular weight excluding hydrogens is 300 g/mol. The minimum absolute atomic E-state index is 0.291. The van der Waals surface area contributed by atoms with Crippen molar-refractivity contribution in [3.63, 3.8) is 0 Å². The van der Waals surface area contributed by atoms with Crippen molar-refractivity contribution in [2.75, 3.05) is 0 Å². The van der Waals surface area contributed by atoms with Crippen molar-refractivity contribution >= 4 is 5.57 Å². The van der Waals surface area contributed by atoms with Gasteiger partial charge in [-0.1, -0.05) is 19.8 Å². The Morgan fingerprint density at radius 2 is 1.92 bits per heavy atom. The molecule has 0 radical (unpaired) electrons. The summed E-state index contributed by atoms with van der Waals surface area (Å²) in [6, 6.07) is 3.96. The van der Waals surface area contributed by atoms with Crippen LogP contribution in [0.3, 0.4) is 0 Å². The Hall–Kier alpha value is -1.48. The van der Waals surface area contributed by atoms with Gasteiger partial charge in [0, 0.05) is 6.42 Å². The molecule has 3 nitrogen and oxygen atoms in total. The number of ether oxygens (including phenoxy) is 1. The molecule has 132 valence electrons. The van der Waals surface area contributed by atoms with E-state index in [0.717, 1.165) is 48.1 Å². The van der Waals surface area contributed by atoms with Crippen LogP contribution in [0.1, 0.15) is 77.3 Å². The average molecular weight is 330 g/mol. The quantitative estimate of drug-likeness (QED) is 0.765. The summed E-state index contributed by atoms with van der Waals surface area (Å²) in [6.45, 7) is 8.26. The summed E-state index contributed by atoms with van der Waals surface area (Å²) in [5.41, 5.74) is 3.12. The van der Waals surface area contributed by atoms with Crippen molar-refractivity contribution < 1.29 is 14.9 Å². The van der Waals surface area contributed by atoms with Crippen LogP contribution in [0, 0.1) is 0 Å². The number of phenols is 1. The molecule has 1 unspecified atom stereocenters. The maximum Gasteiger partial charge on any atom is 0.132 e. The lowest BCUT2D eigenvalue weighted by atomic mass is 9.72. The fraction of sp³-hybridized carbons (Fsp3) is 0.619. The van der Waals surface area contributed by atoms with Crippen LogP contribution in [0.4, 0.5) is 0 Å². The van der Waals surface area contributed by atoms with Gasteiger partial charge in [-0.2, -0.15) is 0 Å². The van der Waals surface area contributed by atoms with E-state index in [2.05, 4.69) is 26.8 Å². The van der Waals surface area contributed by atoms with E-state index in [1.807, 2.05) is 13.0 Å². The largest absolute Gasteiger partial charge is 0.507 e. The Morgan fingerprint density at radius 1 is 1.17 bits per heavy atom. The number of hydrogen-bond donors (Lipinski definition) is 2. The number of fused-ring (bicyclic) bond motifs is 2. The normalized spacial score (nSPS) is 25.0. The summed E-state index contributed by atoms with van der Waals surface area (Å²) in [6.07, 6.45) is 6.60. The Kier molecular flexibility index (Phi) is 4.41. The molecule has 1 atom stereocenters. The summed E-state index contributed by atoms with van der Waals surface area (Å²) >= 11 is 0. The van der Waals surface area contributed by atoms with E-state index in [9.17, 15) is 10.2 Å². The van der Waals surface area contributed by atoms with Crippen LogP contribution in [-0.2, 0) is 6.42 Å². The third-order valence-electron chi connectivity index (χ3n) is 5.44. The predicted molar refractivity (Wildman–Crippen MR) is 97.4 cm³/mol. The maximum atomic E-state index is 10.7. The lowest BCUT2D eigenvalue weighted by Gasteiger charge is -2.43. The van der Waals surface area contributed by atoms with Crippen LogP contribution in [0.15, 0.2) is 17.7 Å². The van der Waals surface area contributed by atoms with Gasteiger partial charge < -0.3 is 14.9 Å². The van der Waals surface area contributed by atoms with Crippen molar-refractivity contribution in [3.8, 4) is 11.5 Å². The molecular formula is C21H30O3.